The van der Waals surface area contributed by atoms with E-state index in [0.717, 1.165) is 43.4 Å². The summed E-state index contributed by atoms with van der Waals surface area (Å²) in [5.74, 6) is 1.94. The third-order valence-corrected chi connectivity index (χ3v) is 6.96. The number of hydrogen-bond donors (Lipinski definition) is 0. The lowest BCUT2D eigenvalue weighted by Crippen LogP contribution is -2.50. The van der Waals surface area contributed by atoms with Crippen LogP contribution in [-0.4, -0.2) is 67.1 Å². The Morgan fingerprint density at radius 1 is 0.788 bits per heavy atom. The van der Waals surface area contributed by atoms with Crippen molar-refractivity contribution in [3.8, 4) is 0 Å². The topological polar surface area (TPSA) is 22.6 Å². The second-order valence-electron chi connectivity index (χ2n) is 9.19. The number of fused-ring (bicyclic) bond motifs is 1. The number of nitrogens with zero attached hydrogens (tertiary/aromatic N) is 4. The predicted octanol–water partition coefficient (Wildman–Crippen LogP) is 5.34. The summed E-state index contributed by atoms with van der Waals surface area (Å²) in [6.45, 7) is 13.4. The van der Waals surface area contributed by atoms with Crippen LogP contribution in [0.5, 0.6) is 0 Å². The molecule has 1 aromatic heterocycles. The maximum absolute atomic E-state index is 4.90. The van der Waals surface area contributed by atoms with Gasteiger partial charge in [-0.15, -0.1) is 0 Å². The Morgan fingerprint density at radius 2 is 1.55 bits per heavy atom. The van der Waals surface area contributed by atoms with Crippen LogP contribution in [0.25, 0.3) is 10.9 Å². The van der Waals surface area contributed by atoms with Crippen LogP contribution >= 0.6 is 0 Å². The fourth-order valence-electron chi connectivity index (χ4n) is 5.19. The highest BCUT2D eigenvalue weighted by Gasteiger charge is 2.24. The van der Waals surface area contributed by atoms with E-state index < -0.39 is 0 Å². The van der Waals surface area contributed by atoms with Crippen molar-refractivity contribution in [1.82, 2.24) is 14.8 Å². The smallest absolute Gasteiger partial charge is 0.129 e. The average molecular weight is 445 g/mol. The molecule has 3 heterocycles. The number of hydrogen-bond acceptors (Lipinski definition) is 4. The minimum atomic E-state index is 0.815. The maximum atomic E-state index is 4.90. The molecule has 2 aliphatic heterocycles. The lowest BCUT2D eigenvalue weighted by Gasteiger charge is -2.39. The number of likely N-dealkylation sites (tertiary alicyclic amines) is 1. The number of rotatable bonds is 6. The van der Waals surface area contributed by atoms with Crippen molar-refractivity contribution in [3.63, 3.8) is 0 Å². The molecule has 5 rings (SSSR count). The van der Waals surface area contributed by atoms with Gasteiger partial charge >= 0.3 is 0 Å². The first kappa shape index (κ1) is 23.7. The van der Waals surface area contributed by atoms with Crippen molar-refractivity contribution in [3.05, 3.63) is 72.3 Å². The molecule has 0 aliphatic carbocycles. The van der Waals surface area contributed by atoms with Crippen LogP contribution in [0, 0.1) is 5.92 Å². The minimum absolute atomic E-state index is 0.815. The fraction of sp³-hybridized carbons (Fsp3) is 0.483. The van der Waals surface area contributed by atoms with Gasteiger partial charge in [-0.2, -0.15) is 0 Å². The number of piperazine rings is 1. The van der Waals surface area contributed by atoms with E-state index in [1.807, 2.05) is 13.8 Å². The second-order valence-corrected chi connectivity index (χ2v) is 9.19. The summed E-state index contributed by atoms with van der Waals surface area (Å²) in [6, 6.07) is 23.7. The largest absolute Gasteiger partial charge is 0.354 e. The highest BCUT2D eigenvalue weighted by molar-refractivity contribution is 5.80. The van der Waals surface area contributed by atoms with E-state index in [4.69, 9.17) is 4.98 Å². The molecule has 1 unspecified atom stereocenters. The van der Waals surface area contributed by atoms with E-state index in [0.29, 0.717) is 0 Å². The standard InChI is InChI=1S/C27H34N4.C2H6/c1-2-7-23(8-3-1)14-16-29-15-6-9-24(21-29)22-30-17-19-31(20-18-30)27-13-12-25-10-4-5-11-26(25)28-27;1-2/h1-5,7-8,10-13,24H,6,9,14-22H2;1-2H3. The molecule has 0 bridgehead atoms. The van der Waals surface area contributed by atoms with E-state index in [1.165, 1.54) is 56.4 Å². The molecule has 0 saturated carbocycles. The van der Waals surface area contributed by atoms with E-state index in [-0.39, 0.29) is 0 Å². The summed E-state index contributed by atoms with van der Waals surface area (Å²) in [7, 11) is 0. The normalized spacial score (nSPS) is 19.8. The Balaban J connectivity index is 0.00000126. The molecule has 33 heavy (non-hydrogen) atoms. The Kier molecular flexibility index (Phi) is 8.73. The zero-order valence-electron chi connectivity index (χ0n) is 20.5. The first-order valence-electron chi connectivity index (χ1n) is 12.9. The number of aromatic nitrogens is 1. The van der Waals surface area contributed by atoms with E-state index in [9.17, 15) is 0 Å². The van der Waals surface area contributed by atoms with Gasteiger partial charge in [0.25, 0.3) is 0 Å². The van der Waals surface area contributed by atoms with Gasteiger partial charge in [-0.1, -0.05) is 62.4 Å². The van der Waals surface area contributed by atoms with Crippen LogP contribution in [0.4, 0.5) is 5.82 Å². The summed E-state index contributed by atoms with van der Waals surface area (Å²) >= 11 is 0. The third kappa shape index (κ3) is 6.55. The number of para-hydroxylation sites is 1. The van der Waals surface area contributed by atoms with E-state index in [1.54, 1.807) is 0 Å². The number of benzene rings is 2. The molecule has 2 saturated heterocycles. The van der Waals surface area contributed by atoms with Gasteiger partial charge in [-0.05, 0) is 55.5 Å². The fourth-order valence-corrected chi connectivity index (χ4v) is 5.19. The molecule has 0 spiro atoms. The Morgan fingerprint density at radius 3 is 2.36 bits per heavy atom. The first-order chi connectivity index (χ1) is 16.3. The van der Waals surface area contributed by atoms with Gasteiger partial charge in [-0.3, -0.25) is 4.90 Å². The molecule has 4 nitrogen and oxygen atoms in total. The highest BCUT2D eigenvalue weighted by atomic mass is 15.3. The van der Waals surface area contributed by atoms with Gasteiger partial charge in [0.1, 0.15) is 5.82 Å². The SMILES string of the molecule is CC.c1ccc(CCN2CCCC(CN3CCN(c4ccc5ccccc5n4)CC3)C2)cc1. The van der Waals surface area contributed by atoms with Crippen molar-refractivity contribution in [2.75, 3.05) is 57.3 Å². The van der Waals surface area contributed by atoms with Crippen molar-refractivity contribution < 1.29 is 0 Å². The molecular formula is C29H40N4. The van der Waals surface area contributed by atoms with Gasteiger partial charge in [0, 0.05) is 51.2 Å². The Labute approximate surface area is 200 Å². The molecule has 4 heteroatoms. The van der Waals surface area contributed by atoms with E-state index >= 15 is 0 Å². The van der Waals surface area contributed by atoms with Crippen molar-refractivity contribution in [1.29, 1.82) is 0 Å². The van der Waals surface area contributed by atoms with Gasteiger partial charge < -0.3 is 9.80 Å². The van der Waals surface area contributed by atoms with Crippen LogP contribution in [0.1, 0.15) is 32.3 Å². The maximum Gasteiger partial charge on any atom is 0.129 e. The Hall–Kier alpha value is -2.43. The molecule has 0 radical (unpaired) electrons. The molecule has 0 amide bonds. The molecular weight excluding hydrogens is 404 g/mol. The summed E-state index contributed by atoms with van der Waals surface area (Å²) in [5, 5.41) is 1.22. The third-order valence-electron chi connectivity index (χ3n) is 6.96. The van der Waals surface area contributed by atoms with Gasteiger partial charge in [-0.25, -0.2) is 4.98 Å². The quantitative estimate of drug-likeness (QED) is 0.512. The van der Waals surface area contributed by atoms with Crippen LogP contribution in [0.2, 0.25) is 0 Å². The molecule has 176 valence electrons. The Bertz CT molecular complexity index is 966. The van der Waals surface area contributed by atoms with Gasteiger partial charge in [0.05, 0.1) is 5.52 Å². The molecule has 0 N–H and O–H groups in total. The molecule has 1 atom stereocenters. The number of pyridine rings is 1. The van der Waals surface area contributed by atoms with Crippen molar-refractivity contribution in [2.24, 2.45) is 5.92 Å². The number of piperidine rings is 1. The number of anilines is 1. The summed E-state index contributed by atoms with van der Waals surface area (Å²) in [5.41, 5.74) is 2.56. The monoisotopic (exact) mass is 444 g/mol. The summed E-state index contributed by atoms with van der Waals surface area (Å²) in [4.78, 5) is 12.7. The predicted molar refractivity (Wildman–Crippen MR) is 141 cm³/mol. The highest BCUT2D eigenvalue weighted by Crippen LogP contribution is 2.22. The summed E-state index contributed by atoms with van der Waals surface area (Å²) in [6.07, 6.45) is 3.90. The average Bonchev–Trinajstić information content (AvgIpc) is 2.90. The van der Waals surface area contributed by atoms with Crippen LogP contribution in [0.3, 0.4) is 0 Å². The molecule has 2 aliphatic rings. The minimum Gasteiger partial charge on any atom is -0.354 e. The summed E-state index contributed by atoms with van der Waals surface area (Å²) < 4.78 is 0. The van der Waals surface area contributed by atoms with Gasteiger partial charge in [0.2, 0.25) is 0 Å². The lowest BCUT2D eigenvalue weighted by molar-refractivity contribution is 0.130. The molecule has 3 aromatic rings. The van der Waals surface area contributed by atoms with Gasteiger partial charge in [0.15, 0.2) is 0 Å². The lowest BCUT2D eigenvalue weighted by atomic mass is 9.96. The van der Waals surface area contributed by atoms with Crippen LogP contribution < -0.4 is 4.90 Å². The molecule has 2 aromatic carbocycles. The molecule has 2 fully saturated rings. The second kappa shape index (κ2) is 12.2. The zero-order valence-corrected chi connectivity index (χ0v) is 20.5. The van der Waals surface area contributed by atoms with Crippen molar-refractivity contribution >= 4 is 16.7 Å². The van der Waals surface area contributed by atoms with Crippen LogP contribution in [-0.2, 0) is 6.42 Å². The van der Waals surface area contributed by atoms with Crippen molar-refractivity contribution in [2.45, 2.75) is 33.1 Å². The zero-order chi connectivity index (χ0) is 22.9. The van der Waals surface area contributed by atoms with Crippen LogP contribution in [0.15, 0.2) is 66.7 Å². The first-order valence-corrected chi connectivity index (χ1v) is 12.9. The van der Waals surface area contributed by atoms with E-state index in [2.05, 4.69) is 81.4 Å².